The molecule has 2 amide bonds. The first-order chi connectivity index (χ1) is 31.2. The van der Waals surface area contributed by atoms with Crippen molar-refractivity contribution < 1.29 is 46.3 Å². The fourth-order valence-electron chi connectivity index (χ4n) is 6.84. The van der Waals surface area contributed by atoms with Crippen molar-refractivity contribution in [3.8, 4) is 11.5 Å². The van der Waals surface area contributed by atoms with Gasteiger partial charge < -0.3 is 37.2 Å². The molecule has 0 radical (unpaired) electrons. The van der Waals surface area contributed by atoms with E-state index in [0.717, 1.165) is 27.5 Å². The van der Waals surface area contributed by atoms with Gasteiger partial charge in [0.25, 0.3) is 0 Å². The van der Waals surface area contributed by atoms with Gasteiger partial charge in [-0.3, -0.25) is 18.9 Å². The number of rotatable bonds is 19. The lowest BCUT2D eigenvalue weighted by Gasteiger charge is -2.22. The van der Waals surface area contributed by atoms with E-state index in [-0.39, 0.29) is 71.5 Å². The Labute approximate surface area is 406 Å². The number of furan rings is 2. The molecule has 0 saturated carbocycles. The smallest absolute Gasteiger partial charge is 0.340 e. The molecule has 6 aromatic rings. The highest BCUT2D eigenvalue weighted by Crippen LogP contribution is 2.48. The average Bonchev–Trinajstić information content (AvgIpc) is 3.95. The van der Waals surface area contributed by atoms with Gasteiger partial charge in [0, 0.05) is 50.0 Å². The van der Waals surface area contributed by atoms with Crippen LogP contribution < -0.4 is 9.47 Å². The van der Waals surface area contributed by atoms with Crippen LogP contribution in [-0.2, 0) is 23.2 Å². The van der Waals surface area contributed by atoms with Crippen molar-refractivity contribution in [2.45, 2.75) is 104 Å². The van der Waals surface area contributed by atoms with E-state index in [2.05, 4.69) is 0 Å². The number of ketones is 1. The van der Waals surface area contributed by atoms with Gasteiger partial charge in [0.05, 0.1) is 13.2 Å². The van der Waals surface area contributed by atoms with Crippen LogP contribution in [0.5, 0.6) is 11.5 Å². The molecule has 68 heavy (non-hydrogen) atoms. The molecule has 2 aromatic heterocycles. The van der Waals surface area contributed by atoms with Gasteiger partial charge in [-0.25, -0.2) is 0 Å². The Balaban J connectivity index is 0.000000519. The normalized spacial score (nSPS) is 11.8. The molecule has 2 unspecified atom stereocenters. The Hall–Kier alpha value is -5.94. The highest BCUT2D eigenvalue weighted by molar-refractivity contribution is 7.54. The summed E-state index contributed by atoms with van der Waals surface area (Å²) in [6.07, 6.45) is 1.28. The molecule has 0 aliphatic carbocycles. The summed E-state index contributed by atoms with van der Waals surface area (Å²) < 4.78 is 46.1. The Morgan fingerprint density at radius 3 is 1.40 bits per heavy atom. The number of benzene rings is 4. The molecular weight excluding hydrogens is 880 g/mol. The number of likely N-dealkylation sites (N-methyl/N-ethyl adjacent to an activating group) is 1. The molecule has 372 valence electrons. The molecule has 0 aliphatic heterocycles. The molecular formula is C55H77N2O10P. The Kier molecular flexibility index (Phi) is 26.3. The van der Waals surface area contributed by atoms with E-state index in [4.69, 9.17) is 27.4 Å². The van der Waals surface area contributed by atoms with Crippen LogP contribution in [0.2, 0.25) is 0 Å². The zero-order chi connectivity index (χ0) is 47.5. The molecule has 2 heterocycles. The summed E-state index contributed by atoms with van der Waals surface area (Å²) in [5.41, 5.74) is 4.31. The second-order valence-corrected chi connectivity index (χ2v) is 17.0. The fraction of sp³-hybridized carbons (Fsp3) is 0.400. The lowest BCUT2D eigenvalue weighted by molar-refractivity contribution is -0.128. The van der Waals surface area contributed by atoms with E-state index in [1.165, 1.54) is 6.92 Å². The van der Waals surface area contributed by atoms with E-state index in [9.17, 15) is 18.9 Å². The number of nitrogens with zero attached hydrogens (tertiary/aromatic N) is 2. The number of allylic oxidation sites excluding steroid dienone is 1. The van der Waals surface area contributed by atoms with E-state index in [0.29, 0.717) is 60.4 Å². The number of amides is 2. The third-order valence-corrected chi connectivity index (χ3v) is 12.4. The molecule has 12 nitrogen and oxygen atoms in total. The second-order valence-electron chi connectivity index (χ2n) is 15.0. The standard InChI is InChI=1S/C24H27NO3.C18H16O3.C10H22NO4P.3CH4/c1-5-25(6-2)23(26)15-17(3)22-16-20-13-10-14-21(24(20)28-22)27-18(4)19-11-8-7-9-12-19;1-12(19)17-11-15-9-6-10-16(18(15)21-17)20-13(2)14-7-4-3-5-8-14;1-5-11(6-2)10(12)9-16(13,14-7-3)15-8-4;;;/h7-16,18H,5-6H2,1-4H3;3-11,13H,1-2H3;5-9H2,1-4H3;3*1H4/b17-15+;;;;;. The molecule has 0 N–H and O–H groups in total. The largest absolute Gasteiger partial charge is 0.482 e. The van der Waals surface area contributed by atoms with Crippen LogP contribution in [0.15, 0.2) is 124 Å². The highest BCUT2D eigenvalue weighted by Gasteiger charge is 2.29. The zero-order valence-electron chi connectivity index (χ0n) is 39.5. The lowest BCUT2D eigenvalue weighted by Crippen LogP contribution is -2.33. The van der Waals surface area contributed by atoms with E-state index < -0.39 is 7.60 Å². The summed E-state index contributed by atoms with van der Waals surface area (Å²) in [4.78, 5) is 39.0. The molecule has 0 spiro atoms. The van der Waals surface area contributed by atoms with Crippen molar-refractivity contribution in [3.05, 3.63) is 138 Å². The summed E-state index contributed by atoms with van der Waals surface area (Å²) in [6, 6.07) is 35.3. The van der Waals surface area contributed by atoms with E-state index >= 15 is 0 Å². The number of hydrogen-bond acceptors (Lipinski definition) is 10. The van der Waals surface area contributed by atoms with Gasteiger partial charge in [-0.05, 0) is 103 Å². The predicted octanol–water partition coefficient (Wildman–Crippen LogP) is 14.6. The Bertz CT molecular complexity index is 2500. The third-order valence-electron chi connectivity index (χ3n) is 10.4. The Morgan fingerprint density at radius 1 is 0.588 bits per heavy atom. The SMILES string of the molecule is C.C.C.CC(=O)c1cc2cccc(OC(C)c3ccccc3)c2o1.CCN(CC)C(=O)/C=C(\C)c1cc2cccc(OC(C)c3ccccc3)c2o1.CCOP(=O)(CC(=O)N(CC)CC)OCC. The molecule has 0 aliphatic rings. The van der Waals surface area contributed by atoms with Gasteiger partial charge in [0.1, 0.15) is 24.1 Å². The highest BCUT2D eigenvalue weighted by atomic mass is 31.2. The zero-order valence-corrected chi connectivity index (χ0v) is 40.4. The number of carbonyl (C=O) groups excluding carboxylic acids is 3. The van der Waals surface area contributed by atoms with Crippen LogP contribution >= 0.6 is 7.60 Å². The average molecular weight is 957 g/mol. The molecule has 4 aromatic carbocycles. The second kappa shape index (κ2) is 29.7. The van der Waals surface area contributed by atoms with Crippen LogP contribution in [0.25, 0.3) is 27.5 Å². The number of Topliss-reactive ketones (excluding diaryl/α,β-unsaturated/α-hetero) is 1. The lowest BCUT2D eigenvalue weighted by atomic mass is 10.1. The number of fused-ring (bicyclic) bond motifs is 2. The number of para-hydroxylation sites is 2. The number of ether oxygens (including phenoxy) is 2. The minimum absolute atomic E-state index is 0. The summed E-state index contributed by atoms with van der Waals surface area (Å²) >= 11 is 0. The van der Waals surface area contributed by atoms with Crippen molar-refractivity contribution in [3.63, 3.8) is 0 Å². The van der Waals surface area contributed by atoms with Crippen molar-refractivity contribution in [2.75, 3.05) is 45.6 Å². The quantitative estimate of drug-likeness (QED) is 0.0438. The topological polar surface area (TPSA) is 138 Å². The fourth-order valence-corrected chi connectivity index (χ4v) is 8.41. The van der Waals surface area contributed by atoms with Crippen LogP contribution in [0.4, 0.5) is 0 Å². The van der Waals surface area contributed by atoms with Gasteiger partial charge in [0.15, 0.2) is 34.2 Å². The maximum Gasteiger partial charge on any atom is 0.340 e. The van der Waals surface area contributed by atoms with Gasteiger partial charge in [-0.15, -0.1) is 0 Å². The molecule has 6 rings (SSSR count). The monoisotopic (exact) mass is 957 g/mol. The van der Waals surface area contributed by atoms with Crippen molar-refractivity contribution >= 4 is 52.7 Å². The summed E-state index contributed by atoms with van der Waals surface area (Å²) in [7, 11) is -3.25. The molecule has 0 bridgehead atoms. The molecule has 0 saturated heterocycles. The van der Waals surface area contributed by atoms with Gasteiger partial charge in [0.2, 0.25) is 11.8 Å². The first-order valence-corrected chi connectivity index (χ1v) is 24.1. The first-order valence-electron chi connectivity index (χ1n) is 22.3. The van der Waals surface area contributed by atoms with Crippen molar-refractivity contribution in [2.24, 2.45) is 0 Å². The van der Waals surface area contributed by atoms with Crippen molar-refractivity contribution in [1.29, 1.82) is 0 Å². The number of hydrogen-bond donors (Lipinski definition) is 0. The minimum atomic E-state index is -3.25. The van der Waals surface area contributed by atoms with Crippen LogP contribution in [-0.4, -0.2) is 73.0 Å². The van der Waals surface area contributed by atoms with Gasteiger partial charge in [-0.1, -0.05) is 107 Å². The van der Waals surface area contributed by atoms with Gasteiger partial charge in [-0.2, -0.15) is 0 Å². The van der Waals surface area contributed by atoms with E-state index in [1.54, 1.807) is 35.8 Å². The Morgan fingerprint density at radius 2 is 1.00 bits per heavy atom. The van der Waals surface area contributed by atoms with Crippen LogP contribution in [0, 0.1) is 0 Å². The van der Waals surface area contributed by atoms with Gasteiger partial charge >= 0.3 is 7.60 Å². The molecule has 2 atom stereocenters. The molecule has 13 heteroatoms. The third kappa shape index (κ3) is 17.0. The van der Waals surface area contributed by atoms with Crippen molar-refractivity contribution in [1.82, 2.24) is 9.80 Å². The predicted molar refractivity (Wildman–Crippen MR) is 279 cm³/mol. The van der Waals surface area contributed by atoms with Crippen LogP contribution in [0.3, 0.4) is 0 Å². The maximum absolute atomic E-state index is 12.4. The summed E-state index contributed by atoms with van der Waals surface area (Å²) in [5, 5.41) is 1.83. The van der Waals surface area contributed by atoms with E-state index in [1.807, 2.05) is 152 Å². The summed E-state index contributed by atoms with van der Waals surface area (Å²) in [5.74, 6) is 2.10. The maximum atomic E-state index is 12.4. The first kappa shape index (κ1) is 60.1. The summed E-state index contributed by atoms with van der Waals surface area (Å²) in [6.45, 7) is 21.7. The van der Waals surface area contributed by atoms with Crippen LogP contribution in [0.1, 0.15) is 131 Å². The minimum Gasteiger partial charge on any atom is -0.482 e. The number of carbonyl (C=O) groups is 3. The molecule has 0 fully saturated rings.